The smallest absolute Gasteiger partial charge is 0.221 e. The van der Waals surface area contributed by atoms with Crippen LogP contribution in [0.25, 0.3) is 0 Å². The Morgan fingerprint density at radius 2 is 1.50 bits per heavy atom. The van der Waals surface area contributed by atoms with E-state index in [1.165, 1.54) is 11.4 Å². The molecular weight excluding hydrogens is 324 g/mol. The highest BCUT2D eigenvalue weighted by atomic mass is 32.2. The minimum absolute atomic E-state index is 0.0473. The number of nitrogens with zero attached hydrogens (tertiary/aromatic N) is 1. The Bertz CT molecular complexity index is 746. The lowest BCUT2D eigenvalue weighted by atomic mass is 10.2. The molecule has 2 aromatic carbocycles. The van der Waals surface area contributed by atoms with E-state index in [1.807, 2.05) is 60.7 Å². The molecule has 0 atom stereocenters. The van der Waals surface area contributed by atoms with E-state index in [0.717, 1.165) is 11.1 Å². The largest absolute Gasteiger partial charge is 0.352 e. The van der Waals surface area contributed by atoms with Crippen molar-refractivity contribution in [2.24, 2.45) is 0 Å². The fraction of sp³-hybridized carbons (Fsp3) is 0.278. The molecule has 0 aliphatic rings. The maximum Gasteiger partial charge on any atom is 0.221 e. The standard InChI is InChI=1S/C18H22N2O3S/c1-20(15-17-10-6-3-7-11-17)24(22,23)13-12-18(21)19-14-16-8-4-2-5-9-16/h2-11H,12-15H2,1H3,(H,19,21). The summed E-state index contributed by atoms with van der Waals surface area (Å²) in [5, 5.41) is 2.74. The monoisotopic (exact) mass is 346 g/mol. The van der Waals surface area contributed by atoms with Gasteiger partial charge in [0.2, 0.25) is 15.9 Å². The van der Waals surface area contributed by atoms with E-state index < -0.39 is 10.0 Å². The summed E-state index contributed by atoms with van der Waals surface area (Å²) in [6.07, 6.45) is -0.0473. The first kappa shape index (κ1) is 18.2. The fourth-order valence-electron chi connectivity index (χ4n) is 2.20. The first-order chi connectivity index (χ1) is 11.5. The van der Waals surface area contributed by atoms with Gasteiger partial charge in [-0.05, 0) is 11.1 Å². The van der Waals surface area contributed by atoms with Gasteiger partial charge >= 0.3 is 0 Å². The number of benzene rings is 2. The van der Waals surface area contributed by atoms with Crippen LogP contribution in [0.1, 0.15) is 17.5 Å². The van der Waals surface area contributed by atoms with Crippen molar-refractivity contribution >= 4 is 15.9 Å². The molecule has 128 valence electrons. The van der Waals surface area contributed by atoms with Gasteiger partial charge in [0.15, 0.2) is 0 Å². The first-order valence-corrected chi connectivity index (χ1v) is 9.37. The molecule has 0 saturated carbocycles. The quantitative estimate of drug-likeness (QED) is 0.796. The molecule has 5 nitrogen and oxygen atoms in total. The highest BCUT2D eigenvalue weighted by Crippen LogP contribution is 2.08. The van der Waals surface area contributed by atoms with E-state index in [-0.39, 0.29) is 18.1 Å². The number of nitrogens with one attached hydrogen (secondary N) is 1. The highest BCUT2D eigenvalue weighted by Gasteiger charge is 2.19. The van der Waals surface area contributed by atoms with Gasteiger partial charge in [-0.1, -0.05) is 60.7 Å². The van der Waals surface area contributed by atoms with Gasteiger partial charge in [-0.3, -0.25) is 4.79 Å². The van der Waals surface area contributed by atoms with Crippen molar-refractivity contribution in [1.29, 1.82) is 0 Å². The molecule has 24 heavy (non-hydrogen) atoms. The lowest BCUT2D eigenvalue weighted by molar-refractivity contribution is -0.120. The van der Waals surface area contributed by atoms with Crippen LogP contribution in [0.4, 0.5) is 0 Å². The molecule has 2 rings (SSSR count). The number of amides is 1. The number of rotatable bonds is 8. The average molecular weight is 346 g/mol. The van der Waals surface area contributed by atoms with Crippen molar-refractivity contribution in [3.05, 3.63) is 71.8 Å². The molecule has 6 heteroatoms. The SMILES string of the molecule is CN(Cc1ccccc1)S(=O)(=O)CCC(=O)NCc1ccccc1. The molecule has 0 aromatic heterocycles. The predicted molar refractivity (Wildman–Crippen MR) is 94.6 cm³/mol. The van der Waals surface area contributed by atoms with Crippen LogP contribution in [0.2, 0.25) is 0 Å². The molecule has 0 unspecified atom stereocenters. The third-order valence-electron chi connectivity index (χ3n) is 3.64. The van der Waals surface area contributed by atoms with E-state index in [1.54, 1.807) is 0 Å². The summed E-state index contributed by atoms with van der Waals surface area (Å²) in [6.45, 7) is 0.703. The Kier molecular flexibility index (Phi) is 6.52. The van der Waals surface area contributed by atoms with Crippen molar-refractivity contribution in [2.45, 2.75) is 19.5 Å². The predicted octanol–water partition coefficient (Wildman–Crippen LogP) is 2.15. The summed E-state index contributed by atoms with van der Waals surface area (Å²) < 4.78 is 25.8. The zero-order valence-corrected chi connectivity index (χ0v) is 14.5. The van der Waals surface area contributed by atoms with Crippen LogP contribution < -0.4 is 5.32 Å². The third kappa shape index (κ3) is 5.79. The van der Waals surface area contributed by atoms with Crippen LogP contribution in [0.15, 0.2) is 60.7 Å². The molecule has 0 spiro atoms. The number of hydrogen-bond acceptors (Lipinski definition) is 3. The van der Waals surface area contributed by atoms with Crippen molar-refractivity contribution in [2.75, 3.05) is 12.8 Å². The Labute approximate surface area is 143 Å². The van der Waals surface area contributed by atoms with Gasteiger partial charge in [-0.25, -0.2) is 12.7 Å². The normalized spacial score (nSPS) is 11.4. The maximum absolute atomic E-state index is 12.3. The summed E-state index contributed by atoms with van der Waals surface area (Å²) in [5.41, 5.74) is 1.90. The lowest BCUT2D eigenvalue weighted by Crippen LogP contribution is -2.32. The maximum atomic E-state index is 12.3. The molecule has 2 aromatic rings. The van der Waals surface area contributed by atoms with Crippen LogP contribution >= 0.6 is 0 Å². The van der Waals surface area contributed by atoms with Gasteiger partial charge in [0.1, 0.15) is 0 Å². The molecule has 1 amide bonds. The topological polar surface area (TPSA) is 66.5 Å². The Hall–Kier alpha value is -2.18. The van der Waals surface area contributed by atoms with Crippen molar-refractivity contribution in [1.82, 2.24) is 9.62 Å². The van der Waals surface area contributed by atoms with Crippen LogP contribution in [-0.2, 0) is 27.9 Å². The van der Waals surface area contributed by atoms with Crippen molar-refractivity contribution in [3.8, 4) is 0 Å². The van der Waals surface area contributed by atoms with Gasteiger partial charge in [0.25, 0.3) is 0 Å². The zero-order chi connectivity index (χ0) is 17.4. The molecule has 0 fully saturated rings. The average Bonchev–Trinajstić information content (AvgIpc) is 2.60. The summed E-state index contributed by atoms with van der Waals surface area (Å²) in [4.78, 5) is 11.8. The zero-order valence-electron chi connectivity index (χ0n) is 13.7. The molecule has 0 saturated heterocycles. The molecule has 0 aliphatic carbocycles. The lowest BCUT2D eigenvalue weighted by Gasteiger charge is -2.17. The van der Waals surface area contributed by atoms with E-state index >= 15 is 0 Å². The Balaban J connectivity index is 1.80. The summed E-state index contributed by atoms with van der Waals surface area (Å²) in [5.74, 6) is -0.465. The minimum atomic E-state index is -3.46. The first-order valence-electron chi connectivity index (χ1n) is 7.76. The van der Waals surface area contributed by atoms with Crippen LogP contribution in [0.5, 0.6) is 0 Å². The van der Waals surface area contributed by atoms with E-state index in [2.05, 4.69) is 5.32 Å². The number of hydrogen-bond donors (Lipinski definition) is 1. The van der Waals surface area contributed by atoms with Crippen molar-refractivity contribution in [3.63, 3.8) is 0 Å². The van der Waals surface area contributed by atoms with Crippen LogP contribution in [-0.4, -0.2) is 31.4 Å². The van der Waals surface area contributed by atoms with Crippen LogP contribution in [0.3, 0.4) is 0 Å². The Morgan fingerprint density at radius 3 is 2.08 bits per heavy atom. The Morgan fingerprint density at radius 1 is 0.958 bits per heavy atom. The molecule has 0 heterocycles. The summed E-state index contributed by atoms with van der Waals surface area (Å²) in [6, 6.07) is 18.9. The van der Waals surface area contributed by atoms with Gasteiger partial charge in [0.05, 0.1) is 5.75 Å². The number of carbonyl (C=O) groups excluding carboxylic acids is 1. The molecule has 0 aliphatic heterocycles. The van der Waals surface area contributed by atoms with E-state index in [9.17, 15) is 13.2 Å². The van der Waals surface area contributed by atoms with E-state index in [4.69, 9.17) is 0 Å². The van der Waals surface area contributed by atoms with Crippen LogP contribution in [0, 0.1) is 0 Å². The second-order valence-corrected chi connectivity index (χ2v) is 7.77. The molecular formula is C18H22N2O3S. The van der Waals surface area contributed by atoms with Crippen molar-refractivity contribution < 1.29 is 13.2 Å². The van der Waals surface area contributed by atoms with Gasteiger partial charge in [-0.15, -0.1) is 0 Å². The second kappa shape index (κ2) is 8.61. The number of carbonyl (C=O) groups is 1. The number of sulfonamides is 1. The molecule has 1 N–H and O–H groups in total. The second-order valence-electron chi connectivity index (χ2n) is 5.57. The van der Waals surface area contributed by atoms with Gasteiger partial charge in [0, 0.05) is 26.6 Å². The van der Waals surface area contributed by atoms with Gasteiger partial charge in [-0.2, -0.15) is 0 Å². The third-order valence-corrected chi connectivity index (χ3v) is 5.44. The van der Waals surface area contributed by atoms with Gasteiger partial charge < -0.3 is 5.32 Å². The van der Waals surface area contributed by atoms with E-state index in [0.29, 0.717) is 13.1 Å². The summed E-state index contributed by atoms with van der Waals surface area (Å²) >= 11 is 0. The summed E-state index contributed by atoms with van der Waals surface area (Å²) in [7, 11) is -1.93. The molecule has 0 bridgehead atoms. The highest BCUT2D eigenvalue weighted by molar-refractivity contribution is 7.89. The minimum Gasteiger partial charge on any atom is -0.352 e. The fourth-order valence-corrected chi connectivity index (χ4v) is 3.30. The molecule has 0 radical (unpaired) electrons.